The lowest BCUT2D eigenvalue weighted by molar-refractivity contribution is 0.0777. The van der Waals surface area contributed by atoms with E-state index >= 15 is 8.78 Å². The van der Waals surface area contributed by atoms with Crippen LogP contribution in [0.4, 0.5) is 13.6 Å². The number of fused-ring (bicyclic) bond motifs is 1. The lowest BCUT2D eigenvalue weighted by atomic mass is 9.72. The first-order chi connectivity index (χ1) is 21.2. The molecule has 4 aromatic rings. The van der Waals surface area contributed by atoms with Crippen LogP contribution < -0.4 is 10.5 Å². The summed E-state index contributed by atoms with van der Waals surface area (Å²) in [6.07, 6.45) is 7.22. The molecule has 0 bridgehead atoms. The Balaban J connectivity index is 1.26. The SMILES string of the molecule is COC(=O)N(C)[C@@H]1[C@H](N)C[C@H](c2ccncc2Cc2ncc3ccc(-c4c(F)cc(OC5CCOC5)cc4F)nn23)C[C@@H]1C. The van der Waals surface area contributed by atoms with Crippen molar-refractivity contribution in [2.24, 2.45) is 11.7 Å². The minimum atomic E-state index is -0.763. The van der Waals surface area contributed by atoms with Gasteiger partial charge in [0, 0.05) is 50.5 Å². The number of aromatic nitrogens is 4. The number of ether oxygens (including phenoxy) is 3. The minimum Gasteiger partial charge on any atom is -0.488 e. The molecular formula is C32H36F2N6O4. The van der Waals surface area contributed by atoms with Crippen molar-refractivity contribution in [2.45, 2.75) is 56.7 Å². The molecule has 1 saturated carbocycles. The van der Waals surface area contributed by atoms with E-state index in [2.05, 4.69) is 22.0 Å². The topological polar surface area (TPSA) is 117 Å². The molecular weight excluding hydrogens is 570 g/mol. The number of nitrogens with two attached hydrogens (primary N) is 1. The van der Waals surface area contributed by atoms with E-state index in [1.54, 1.807) is 41.0 Å². The summed E-state index contributed by atoms with van der Waals surface area (Å²) in [4.78, 5) is 22.8. The number of hydrogen-bond donors (Lipinski definition) is 1. The fraction of sp³-hybridized carbons (Fsp3) is 0.438. The maximum Gasteiger partial charge on any atom is 0.409 e. The minimum absolute atomic E-state index is 0.118. The highest BCUT2D eigenvalue weighted by Crippen LogP contribution is 2.39. The van der Waals surface area contributed by atoms with Gasteiger partial charge in [-0.3, -0.25) is 4.98 Å². The predicted molar refractivity (Wildman–Crippen MR) is 158 cm³/mol. The number of hydrogen-bond acceptors (Lipinski definition) is 8. The van der Waals surface area contributed by atoms with Crippen LogP contribution in [0.25, 0.3) is 16.8 Å². The molecule has 3 aromatic heterocycles. The molecule has 1 unspecified atom stereocenters. The molecule has 5 atom stereocenters. The molecule has 1 amide bonds. The van der Waals surface area contributed by atoms with Gasteiger partial charge in [-0.1, -0.05) is 6.92 Å². The second kappa shape index (κ2) is 12.4. The van der Waals surface area contributed by atoms with E-state index in [4.69, 9.17) is 19.9 Å². The van der Waals surface area contributed by atoms with Gasteiger partial charge >= 0.3 is 6.09 Å². The predicted octanol–water partition coefficient (Wildman–Crippen LogP) is 4.74. The van der Waals surface area contributed by atoms with E-state index in [0.717, 1.165) is 17.5 Å². The summed E-state index contributed by atoms with van der Waals surface area (Å²) in [5.41, 5.74) is 9.30. The Labute approximate surface area is 254 Å². The molecule has 232 valence electrons. The number of likely N-dealkylation sites (N-methyl/N-ethyl adjacent to an activating group) is 1. The highest BCUT2D eigenvalue weighted by molar-refractivity contribution is 5.67. The van der Waals surface area contributed by atoms with Gasteiger partial charge in [-0.05, 0) is 54.0 Å². The molecule has 1 saturated heterocycles. The van der Waals surface area contributed by atoms with E-state index in [1.807, 2.05) is 12.3 Å². The third-order valence-electron chi connectivity index (χ3n) is 8.79. The molecule has 4 heterocycles. The summed E-state index contributed by atoms with van der Waals surface area (Å²) in [6, 6.07) is 7.31. The van der Waals surface area contributed by atoms with Crippen molar-refractivity contribution in [3.63, 3.8) is 0 Å². The monoisotopic (exact) mass is 606 g/mol. The van der Waals surface area contributed by atoms with Gasteiger partial charge in [0.15, 0.2) is 0 Å². The molecule has 1 aliphatic carbocycles. The van der Waals surface area contributed by atoms with E-state index in [1.165, 1.54) is 19.2 Å². The number of carbonyl (C=O) groups excluding carboxylic acids is 1. The number of rotatable bonds is 7. The van der Waals surface area contributed by atoms with Crippen molar-refractivity contribution in [3.05, 3.63) is 77.5 Å². The maximum atomic E-state index is 15.2. The molecule has 2 N–H and O–H groups in total. The Morgan fingerprint density at radius 3 is 2.68 bits per heavy atom. The maximum absolute atomic E-state index is 15.2. The molecule has 1 aliphatic heterocycles. The van der Waals surface area contributed by atoms with Gasteiger partial charge in [-0.2, -0.15) is 5.10 Å². The number of nitrogens with zero attached hydrogens (tertiary/aromatic N) is 5. The van der Waals surface area contributed by atoms with Crippen molar-refractivity contribution in [1.29, 1.82) is 0 Å². The van der Waals surface area contributed by atoms with Crippen molar-refractivity contribution in [2.75, 3.05) is 27.4 Å². The fourth-order valence-corrected chi connectivity index (χ4v) is 6.77. The van der Waals surface area contributed by atoms with Crippen molar-refractivity contribution in [3.8, 4) is 17.0 Å². The number of benzene rings is 1. The standard InChI is InChI=1S/C32H36F2N6O4/c1-18-10-19(11-27(35)31(18)39(2)32(41)42-3)24-6-8-36-15-20(24)12-29-37-16-21-4-5-28(38-40(21)29)30-25(33)13-23(14-26(30)34)44-22-7-9-43-17-22/h4-6,8,13-16,18-19,22,27,31H,7,9-12,17,35H2,1-3H3/t18-,19+,22?,27+,31-/m0/s1. The first-order valence-corrected chi connectivity index (χ1v) is 14.8. The highest BCUT2D eigenvalue weighted by atomic mass is 19.1. The van der Waals surface area contributed by atoms with Crippen LogP contribution in [-0.4, -0.2) is 76.1 Å². The summed E-state index contributed by atoms with van der Waals surface area (Å²) in [5.74, 6) is -0.516. The lowest BCUT2D eigenvalue weighted by Crippen LogP contribution is -2.55. The van der Waals surface area contributed by atoms with E-state index in [9.17, 15) is 4.79 Å². The lowest BCUT2D eigenvalue weighted by Gasteiger charge is -2.43. The number of imidazole rings is 1. The van der Waals surface area contributed by atoms with Gasteiger partial charge in [0.25, 0.3) is 0 Å². The highest BCUT2D eigenvalue weighted by Gasteiger charge is 2.39. The van der Waals surface area contributed by atoms with Crippen LogP contribution in [0.5, 0.6) is 5.75 Å². The molecule has 2 aliphatic rings. The molecule has 12 heteroatoms. The van der Waals surface area contributed by atoms with Crippen LogP contribution in [0, 0.1) is 17.6 Å². The summed E-state index contributed by atoms with van der Waals surface area (Å²) >= 11 is 0. The quantitative estimate of drug-likeness (QED) is 0.321. The van der Waals surface area contributed by atoms with Crippen LogP contribution in [-0.2, 0) is 15.9 Å². The average Bonchev–Trinajstić information content (AvgIpc) is 3.66. The Hall–Kier alpha value is -4.16. The Morgan fingerprint density at radius 1 is 1.18 bits per heavy atom. The van der Waals surface area contributed by atoms with Gasteiger partial charge < -0.3 is 24.8 Å². The number of halogens is 2. The van der Waals surface area contributed by atoms with Crippen LogP contribution in [0.1, 0.15) is 49.1 Å². The van der Waals surface area contributed by atoms with Gasteiger partial charge in [-0.25, -0.2) is 23.1 Å². The Bertz CT molecular complexity index is 1620. The normalized spacial score (nSPS) is 23.5. The zero-order valence-electron chi connectivity index (χ0n) is 25.0. The van der Waals surface area contributed by atoms with Gasteiger partial charge in [-0.15, -0.1) is 0 Å². The fourth-order valence-electron chi connectivity index (χ4n) is 6.77. The van der Waals surface area contributed by atoms with Crippen molar-refractivity contribution >= 4 is 11.6 Å². The van der Waals surface area contributed by atoms with E-state index in [0.29, 0.717) is 43.8 Å². The molecule has 0 spiro atoms. The van der Waals surface area contributed by atoms with Crippen molar-refractivity contribution < 1.29 is 27.8 Å². The second-order valence-electron chi connectivity index (χ2n) is 11.7. The molecule has 1 aromatic carbocycles. The van der Waals surface area contributed by atoms with Gasteiger partial charge in [0.05, 0.1) is 49.3 Å². The summed E-state index contributed by atoms with van der Waals surface area (Å²) in [5, 5.41) is 4.60. The molecule has 44 heavy (non-hydrogen) atoms. The van der Waals surface area contributed by atoms with Crippen molar-refractivity contribution in [1.82, 2.24) is 24.5 Å². The third kappa shape index (κ3) is 5.83. The van der Waals surface area contributed by atoms with E-state index < -0.39 is 17.7 Å². The van der Waals surface area contributed by atoms with Crippen LogP contribution in [0.2, 0.25) is 0 Å². The van der Waals surface area contributed by atoms with Gasteiger partial charge in [0.1, 0.15) is 29.3 Å². The second-order valence-corrected chi connectivity index (χ2v) is 11.7. The zero-order chi connectivity index (χ0) is 31.0. The number of carbonyl (C=O) groups is 1. The number of pyridine rings is 1. The molecule has 2 fully saturated rings. The summed E-state index contributed by atoms with van der Waals surface area (Å²) in [7, 11) is 3.09. The smallest absolute Gasteiger partial charge is 0.409 e. The number of methoxy groups -OCH3 is 1. The summed E-state index contributed by atoms with van der Waals surface area (Å²) in [6.45, 7) is 3.06. The first kappa shape index (κ1) is 29.9. The zero-order valence-corrected chi connectivity index (χ0v) is 25.0. The molecule has 6 rings (SSSR count). The molecule has 10 nitrogen and oxygen atoms in total. The third-order valence-corrected chi connectivity index (χ3v) is 8.79. The average molecular weight is 607 g/mol. The summed E-state index contributed by atoms with van der Waals surface area (Å²) < 4.78 is 48.0. The van der Waals surface area contributed by atoms with E-state index in [-0.39, 0.29) is 47.0 Å². The van der Waals surface area contributed by atoms with Gasteiger partial charge in [0.2, 0.25) is 0 Å². The Morgan fingerprint density at radius 2 is 1.98 bits per heavy atom. The number of amides is 1. The first-order valence-electron chi connectivity index (χ1n) is 14.8. The van der Waals surface area contributed by atoms with Crippen LogP contribution in [0.3, 0.4) is 0 Å². The van der Waals surface area contributed by atoms with Crippen LogP contribution in [0.15, 0.2) is 48.9 Å². The Kier molecular flexibility index (Phi) is 8.46. The van der Waals surface area contributed by atoms with Crippen LogP contribution >= 0.6 is 0 Å². The largest absolute Gasteiger partial charge is 0.488 e. The molecule has 0 radical (unpaired) electrons.